The van der Waals surface area contributed by atoms with Gasteiger partial charge in [-0.2, -0.15) is 0 Å². The van der Waals surface area contributed by atoms with E-state index in [9.17, 15) is 9.59 Å². The monoisotopic (exact) mass is 420 g/mol. The summed E-state index contributed by atoms with van der Waals surface area (Å²) < 4.78 is 6.56. The van der Waals surface area contributed by atoms with E-state index in [1.54, 1.807) is 29.7 Å². The molecule has 0 atom stereocenters. The Morgan fingerprint density at radius 1 is 1.17 bits per heavy atom. The highest BCUT2D eigenvalue weighted by Crippen LogP contribution is 2.24. The van der Waals surface area contributed by atoms with Gasteiger partial charge in [-0.15, -0.1) is 0 Å². The molecule has 0 radical (unpaired) electrons. The summed E-state index contributed by atoms with van der Waals surface area (Å²) in [5, 5.41) is 7.45. The van der Waals surface area contributed by atoms with Crippen molar-refractivity contribution in [2.45, 2.75) is 25.4 Å². The topological polar surface area (TPSA) is 90.0 Å². The van der Waals surface area contributed by atoms with Crippen LogP contribution in [0.1, 0.15) is 18.2 Å². The Kier molecular flexibility index (Phi) is 5.67. The second-order valence-corrected chi connectivity index (χ2v) is 7.64. The maximum absolute atomic E-state index is 13.3. The molecule has 2 heterocycles. The third kappa shape index (κ3) is 3.99. The summed E-state index contributed by atoms with van der Waals surface area (Å²) in [6, 6.07) is 16.6. The Morgan fingerprint density at radius 3 is 2.70 bits per heavy atom. The van der Waals surface area contributed by atoms with Crippen molar-refractivity contribution in [3.05, 3.63) is 76.3 Å². The third-order valence-electron chi connectivity index (χ3n) is 4.59. The lowest BCUT2D eigenvalue weighted by atomic mass is 10.1. The first kappa shape index (κ1) is 19.9. The minimum atomic E-state index is -0.258. The van der Waals surface area contributed by atoms with Crippen molar-refractivity contribution in [2.75, 3.05) is 11.1 Å². The quantitative estimate of drug-likeness (QED) is 0.375. The molecule has 0 spiro atoms. The zero-order valence-corrected chi connectivity index (χ0v) is 17.4. The van der Waals surface area contributed by atoms with Crippen LogP contribution in [0, 0.1) is 6.92 Å². The van der Waals surface area contributed by atoms with E-state index in [1.807, 2.05) is 43.3 Å². The second-order valence-electron chi connectivity index (χ2n) is 6.69. The van der Waals surface area contributed by atoms with Gasteiger partial charge in [0, 0.05) is 6.07 Å². The van der Waals surface area contributed by atoms with Crippen LogP contribution in [0.4, 0.5) is 5.82 Å². The first-order valence-corrected chi connectivity index (χ1v) is 10.5. The van der Waals surface area contributed by atoms with Gasteiger partial charge in [0.25, 0.3) is 5.56 Å². The number of para-hydroxylation sites is 2. The number of anilines is 1. The van der Waals surface area contributed by atoms with Crippen LogP contribution >= 0.6 is 11.8 Å². The number of carbonyl (C=O) groups is 1. The van der Waals surface area contributed by atoms with Crippen molar-refractivity contribution in [3.8, 4) is 5.69 Å². The minimum Gasteiger partial charge on any atom is -0.360 e. The maximum atomic E-state index is 13.3. The Labute approximate surface area is 177 Å². The zero-order valence-electron chi connectivity index (χ0n) is 16.6. The molecule has 1 N–H and O–H groups in total. The number of benzene rings is 2. The molecule has 8 heteroatoms. The summed E-state index contributed by atoms with van der Waals surface area (Å²) in [6.45, 7) is 3.79. The molecular weight excluding hydrogens is 400 g/mol. The number of fused-ring (bicyclic) bond motifs is 1. The van der Waals surface area contributed by atoms with E-state index >= 15 is 0 Å². The van der Waals surface area contributed by atoms with E-state index in [-0.39, 0.29) is 17.2 Å². The molecule has 4 rings (SSSR count). The molecule has 0 saturated carbocycles. The summed E-state index contributed by atoms with van der Waals surface area (Å²) >= 11 is 1.21. The van der Waals surface area contributed by atoms with Gasteiger partial charge in [0.1, 0.15) is 5.76 Å². The van der Waals surface area contributed by atoms with E-state index in [0.717, 1.165) is 17.7 Å². The number of amides is 1. The molecule has 7 nitrogen and oxygen atoms in total. The lowest BCUT2D eigenvalue weighted by molar-refractivity contribution is -0.113. The molecule has 0 unspecified atom stereocenters. The Bertz CT molecular complexity index is 1280. The fourth-order valence-corrected chi connectivity index (χ4v) is 3.99. The maximum Gasteiger partial charge on any atom is 0.266 e. The zero-order chi connectivity index (χ0) is 21.1. The number of aryl methyl sites for hydroxylation is 2. The van der Waals surface area contributed by atoms with Crippen LogP contribution in [-0.2, 0) is 11.2 Å². The van der Waals surface area contributed by atoms with Crippen molar-refractivity contribution in [1.82, 2.24) is 14.7 Å². The fourth-order valence-electron chi connectivity index (χ4n) is 3.18. The summed E-state index contributed by atoms with van der Waals surface area (Å²) in [6.07, 6.45) is 0.769. The highest BCUT2D eigenvalue weighted by Gasteiger charge is 2.17. The van der Waals surface area contributed by atoms with Crippen LogP contribution in [0.5, 0.6) is 0 Å². The van der Waals surface area contributed by atoms with Gasteiger partial charge in [-0.05, 0) is 37.1 Å². The summed E-state index contributed by atoms with van der Waals surface area (Å²) in [4.78, 5) is 30.4. The predicted molar refractivity (Wildman–Crippen MR) is 117 cm³/mol. The number of aromatic nitrogens is 3. The largest absolute Gasteiger partial charge is 0.360 e. The molecule has 152 valence electrons. The number of rotatable bonds is 6. The smallest absolute Gasteiger partial charge is 0.266 e. The van der Waals surface area contributed by atoms with Crippen LogP contribution in [-0.4, -0.2) is 26.4 Å². The van der Waals surface area contributed by atoms with E-state index in [4.69, 9.17) is 4.52 Å². The van der Waals surface area contributed by atoms with Gasteiger partial charge in [0.2, 0.25) is 5.91 Å². The van der Waals surface area contributed by atoms with E-state index in [2.05, 4.69) is 15.5 Å². The van der Waals surface area contributed by atoms with Crippen LogP contribution < -0.4 is 10.9 Å². The van der Waals surface area contributed by atoms with E-state index in [1.165, 1.54) is 11.8 Å². The van der Waals surface area contributed by atoms with Crippen LogP contribution in [0.3, 0.4) is 0 Å². The average Bonchev–Trinajstić information content (AvgIpc) is 3.17. The van der Waals surface area contributed by atoms with Crippen molar-refractivity contribution in [3.63, 3.8) is 0 Å². The predicted octanol–water partition coefficient (Wildman–Crippen LogP) is 3.98. The molecule has 30 heavy (non-hydrogen) atoms. The van der Waals surface area contributed by atoms with Gasteiger partial charge in [0.15, 0.2) is 11.0 Å². The van der Waals surface area contributed by atoms with Gasteiger partial charge in [-0.3, -0.25) is 14.2 Å². The molecule has 2 aromatic carbocycles. The molecule has 0 aliphatic rings. The first-order chi connectivity index (χ1) is 14.6. The average molecular weight is 420 g/mol. The van der Waals surface area contributed by atoms with Crippen LogP contribution in [0.15, 0.2) is 69.1 Å². The van der Waals surface area contributed by atoms with Crippen molar-refractivity contribution in [1.29, 1.82) is 0 Å². The first-order valence-electron chi connectivity index (χ1n) is 9.53. The number of carbonyl (C=O) groups excluding carboxylic acids is 1. The molecular formula is C22H20N4O3S. The second kappa shape index (κ2) is 8.54. The van der Waals surface area contributed by atoms with Crippen molar-refractivity contribution >= 4 is 34.4 Å². The van der Waals surface area contributed by atoms with Crippen LogP contribution in [0.2, 0.25) is 0 Å². The number of hydrogen-bond donors (Lipinski definition) is 1. The Hall–Kier alpha value is -3.39. The van der Waals surface area contributed by atoms with Gasteiger partial charge >= 0.3 is 0 Å². The summed E-state index contributed by atoms with van der Waals surface area (Å²) in [5.74, 6) is 0.786. The standard InChI is InChI=1S/C22H20N4O3S/c1-3-15-8-4-7-11-18(15)26-21(28)16-9-5-6-10-17(16)23-22(26)30-13-20(27)24-19-12-14(2)29-25-19/h4-12H,3,13H2,1-2H3,(H,24,25,27). The number of nitrogens with one attached hydrogen (secondary N) is 1. The molecule has 0 aliphatic heterocycles. The SMILES string of the molecule is CCc1ccccc1-n1c(SCC(=O)Nc2cc(C)on2)nc2ccccc2c1=O. The lowest BCUT2D eigenvalue weighted by Crippen LogP contribution is -2.23. The van der Waals surface area contributed by atoms with Crippen LogP contribution in [0.25, 0.3) is 16.6 Å². The van der Waals surface area contributed by atoms with E-state index in [0.29, 0.717) is 27.6 Å². The number of hydrogen-bond acceptors (Lipinski definition) is 6. The number of nitrogens with zero attached hydrogens (tertiary/aromatic N) is 3. The highest BCUT2D eigenvalue weighted by atomic mass is 32.2. The highest BCUT2D eigenvalue weighted by molar-refractivity contribution is 7.99. The summed E-state index contributed by atoms with van der Waals surface area (Å²) in [5.41, 5.74) is 2.25. The van der Waals surface area contributed by atoms with Gasteiger partial charge in [0.05, 0.1) is 22.3 Å². The normalized spacial score (nSPS) is 11.0. The van der Waals surface area contributed by atoms with Gasteiger partial charge in [-0.25, -0.2) is 4.98 Å². The molecule has 0 saturated heterocycles. The van der Waals surface area contributed by atoms with Crippen molar-refractivity contribution < 1.29 is 9.32 Å². The Morgan fingerprint density at radius 2 is 1.93 bits per heavy atom. The molecule has 0 bridgehead atoms. The van der Waals surface area contributed by atoms with Crippen molar-refractivity contribution in [2.24, 2.45) is 0 Å². The third-order valence-corrected chi connectivity index (χ3v) is 5.52. The fraction of sp³-hybridized carbons (Fsp3) is 0.182. The van der Waals surface area contributed by atoms with E-state index < -0.39 is 0 Å². The van der Waals surface area contributed by atoms with Gasteiger partial charge < -0.3 is 9.84 Å². The molecule has 0 aliphatic carbocycles. The summed E-state index contributed by atoms with van der Waals surface area (Å²) in [7, 11) is 0. The molecule has 0 fully saturated rings. The molecule has 2 aromatic heterocycles. The Balaban J connectivity index is 1.72. The molecule has 1 amide bonds. The minimum absolute atomic E-state index is 0.0744. The van der Waals surface area contributed by atoms with Gasteiger partial charge in [-0.1, -0.05) is 54.2 Å². The number of thioether (sulfide) groups is 1. The lowest BCUT2D eigenvalue weighted by Gasteiger charge is -2.15. The molecule has 4 aromatic rings.